The van der Waals surface area contributed by atoms with Gasteiger partial charge in [-0.25, -0.2) is 0 Å². The lowest BCUT2D eigenvalue weighted by atomic mass is 9.86. The Morgan fingerprint density at radius 1 is 1.16 bits per heavy atom. The highest BCUT2D eigenvalue weighted by atomic mass is 16.5. The third-order valence-electron chi connectivity index (χ3n) is 5.08. The van der Waals surface area contributed by atoms with Crippen LogP contribution in [0.25, 0.3) is 0 Å². The number of aliphatic hydroxyl groups is 1. The van der Waals surface area contributed by atoms with Gasteiger partial charge in [0.25, 0.3) is 0 Å². The molecule has 0 saturated carbocycles. The van der Waals surface area contributed by atoms with E-state index in [9.17, 15) is 5.11 Å². The molecule has 1 aromatic carbocycles. The second-order valence-electron chi connectivity index (χ2n) is 6.69. The Morgan fingerprint density at radius 3 is 2.56 bits per heavy atom. The van der Waals surface area contributed by atoms with E-state index in [1.807, 2.05) is 43.3 Å². The third kappa shape index (κ3) is 3.78. The van der Waals surface area contributed by atoms with Crippen LogP contribution in [-0.2, 0) is 12.1 Å². The van der Waals surface area contributed by atoms with Crippen molar-refractivity contribution in [1.29, 1.82) is 0 Å². The zero-order chi connectivity index (χ0) is 17.9. The number of methoxy groups -OCH3 is 2. The molecule has 0 radical (unpaired) electrons. The van der Waals surface area contributed by atoms with Crippen molar-refractivity contribution in [3.05, 3.63) is 53.9 Å². The molecule has 0 amide bonds. The Balaban J connectivity index is 1.79. The molecule has 0 bridgehead atoms. The van der Waals surface area contributed by atoms with Gasteiger partial charge in [-0.15, -0.1) is 0 Å². The normalized spacial score (nSPS) is 20.2. The smallest absolute Gasteiger partial charge is 0.122 e. The molecule has 1 aliphatic heterocycles. The Kier molecular flexibility index (Phi) is 5.25. The molecule has 0 spiro atoms. The quantitative estimate of drug-likeness (QED) is 0.875. The molecule has 2 atom stereocenters. The van der Waals surface area contributed by atoms with Crippen molar-refractivity contribution in [1.82, 2.24) is 9.88 Å². The van der Waals surface area contributed by atoms with Crippen LogP contribution < -0.4 is 9.47 Å². The van der Waals surface area contributed by atoms with Gasteiger partial charge in [-0.2, -0.15) is 0 Å². The molecule has 134 valence electrons. The molecule has 1 aliphatic rings. The molecule has 2 aromatic rings. The minimum Gasteiger partial charge on any atom is -0.497 e. The second kappa shape index (κ2) is 7.42. The Morgan fingerprint density at radius 2 is 1.88 bits per heavy atom. The van der Waals surface area contributed by atoms with Crippen LogP contribution >= 0.6 is 0 Å². The molecule has 2 heterocycles. The van der Waals surface area contributed by atoms with Crippen LogP contribution in [0.3, 0.4) is 0 Å². The molecule has 1 saturated heterocycles. The highest BCUT2D eigenvalue weighted by molar-refractivity contribution is 5.32. The number of hydrogen-bond acceptors (Lipinski definition) is 5. The largest absolute Gasteiger partial charge is 0.497 e. The molecular weight excluding hydrogens is 316 g/mol. The SMILES string of the molecule is COc1ccc(C(C)(O)C2CCCN2Cc2cc(OC)ccn2)cc1. The van der Waals surface area contributed by atoms with Gasteiger partial charge in [-0.05, 0) is 50.1 Å². The number of rotatable bonds is 6. The fourth-order valence-electron chi connectivity index (χ4n) is 3.65. The van der Waals surface area contributed by atoms with E-state index in [1.54, 1.807) is 20.4 Å². The lowest BCUT2D eigenvalue weighted by molar-refractivity contribution is -0.0257. The van der Waals surface area contributed by atoms with Gasteiger partial charge in [0, 0.05) is 24.8 Å². The lowest BCUT2D eigenvalue weighted by Crippen LogP contribution is -2.45. The number of aromatic nitrogens is 1. The van der Waals surface area contributed by atoms with Gasteiger partial charge >= 0.3 is 0 Å². The van der Waals surface area contributed by atoms with Gasteiger partial charge in [0.05, 0.1) is 19.9 Å². The number of likely N-dealkylation sites (tertiary alicyclic amines) is 1. The first-order chi connectivity index (χ1) is 12.0. The monoisotopic (exact) mass is 342 g/mol. The highest BCUT2D eigenvalue weighted by Crippen LogP contribution is 2.36. The number of pyridine rings is 1. The second-order valence-corrected chi connectivity index (χ2v) is 6.69. The summed E-state index contributed by atoms with van der Waals surface area (Å²) in [5.74, 6) is 1.60. The van der Waals surface area contributed by atoms with Gasteiger partial charge < -0.3 is 14.6 Å². The van der Waals surface area contributed by atoms with Crippen LogP contribution in [0.2, 0.25) is 0 Å². The molecular formula is C20H26N2O3. The first-order valence-electron chi connectivity index (χ1n) is 8.64. The zero-order valence-electron chi connectivity index (χ0n) is 15.1. The van der Waals surface area contributed by atoms with Crippen molar-refractivity contribution in [3.8, 4) is 11.5 Å². The van der Waals surface area contributed by atoms with E-state index in [2.05, 4.69) is 9.88 Å². The molecule has 5 heteroatoms. The molecule has 3 rings (SSSR count). The topological polar surface area (TPSA) is 54.8 Å². The minimum atomic E-state index is -0.929. The van der Waals surface area contributed by atoms with Crippen molar-refractivity contribution in [2.24, 2.45) is 0 Å². The standard InChI is InChI=1S/C20H26N2O3/c1-20(23,15-6-8-17(24-2)9-7-15)19-5-4-12-22(19)14-16-13-18(25-3)10-11-21-16/h6-11,13,19,23H,4-5,12,14H2,1-3H3. The molecule has 1 fully saturated rings. The molecule has 1 aromatic heterocycles. The Bertz CT molecular complexity index is 700. The maximum atomic E-state index is 11.3. The van der Waals surface area contributed by atoms with Gasteiger partial charge in [-0.1, -0.05) is 12.1 Å². The van der Waals surface area contributed by atoms with Crippen LogP contribution in [0.4, 0.5) is 0 Å². The maximum absolute atomic E-state index is 11.3. The van der Waals surface area contributed by atoms with Crippen molar-refractivity contribution in [3.63, 3.8) is 0 Å². The van der Waals surface area contributed by atoms with Crippen LogP contribution in [0.5, 0.6) is 11.5 Å². The average Bonchev–Trinajstić information content (AvgIpc) is 3.11. The predicted molar refractivity (Wildman–Crippen MR) is 96.8 cm³/mol. The van der Waals surface area contributed by atoms with E-state index in [0.717, 1.165) is 42.1 Å². The number of ether oxygens (including phenoxy) is 2. The molecule has 5 nitrogen and oxygen atoms in total. The average molecular weight is 342 g/mol. The summed E-state index contributed by atoms with van der Waals surface area (Å²) < 4.78 is 10.5. The maximum Gasteiger partial charge on any atom is 0.122 e. The molecule has 25 heavy (non-hydrogen) atoms. The van der Waals surface area contributed by atoms with E-state index in [-0.39, 0.29) is 6.04 Å². The van der Waals surface area contributed by atoms with E-state index < -0.39 is 5.60 Å². The lowest BCUT2D eigenvalue weighted by Gasteiger charge is -2.37. The summed E-state index contributed by atoms with van der Waals surface area (Å²) in [5, 5.41) is 11.3. The van der Waals surface area contributed by atoms with Crippen molar-refractivity contribution >= 4 is 0 Å². The molecule has 1 N–H and O–H groups in total. The summed E-state index contributed by atoms with van der Waals surface area (Å²) in [7, 11) is 3.30. The fraction of sp³-hybridized carbons (Fsp3) is 0.450. The van der Waals surface area contributed by atoms with Crippen LogP contribution in [0, 0.1) is 0 Å². The Hall–Kier alpha value is -2.11. The van der Waals surface area contributed by atoms with Gasteiger partial charge in [0.1, 0.15) is 17.1 Å². The van der Waals surface area contributed by atoms with Gasteiger partial charge in [-0.3, -0.25) is 9.88 Å². The Labute approximate surface area is 149 Å². The van der Waals surface area contributed by atoms with Crippen LogP contribution in [0.1, 0.15) is 31.0 Å². The summed E-state index contributed by atoms with van der Waals surface area (Å²) in [6.45, 7) is 3.56. The number of benzene rings is 1. The summed E-state index contributed by atoms with van der Waals surface area (Å²) in [6.07, 6.45) is 3.80. The van der Waals surface area contributed by atoms with E-state index >= 15 is 0 Å². The van der Waals surface area contributed by atoms with Gasteiger partial charge in [0.15, 0.2) is 0 Å². The molecule has 2 unspecified atom stereocenters. The number of hydrogen-bond donors (Lipinski definition) is 1. The summed E-state index contributed by atoms with van der Waals surface area (Å²) in [4.78, 5) is 6.75. The van der Waals surface area contributed by atoms with Gasteiger partial charge in [0.2, 0.25) is 0 Å². The van der Waals surface area contributed by atoms with E-state index in [0.29, 0.717) is 6.54 Å². The van der Waals surface area contributed by atoms with Crippen LogP contribution in [-0.4, -0.2) is 41.8 Å². The number of nitrogens with zero attached hydrogens (tertiary/aromatic N) is 2. The fourth-order valence-corrected chi connectivity index (χ4v) is 3.65. The highest BCUT2D eigenvalue weighted by Gasteiger charge is 2.40. The van der Waals surface area contributed by atoms with Crippen molar-refractivity contribution in [2.75, 3.05) is 20.8 Å². The summed E-state index contributed by atoms with van der Waals surface area (Å²) >= 11 is 0. The van der Waals surface area contributed by atoms with Crippen molar-refractivity contribution in [2.45, 2.75) is 38.0 Å². The van der Waals surface area contributed by atoms with E-state index in [1.165, 1.54) is 0 Å². The third-order valence-corrected chi connectivity index (χ3v) is 5.08. The summed E-state index contributed by atoms with van der Waals surface area (Å²) in [5.41, 5.74) is 0.933. The summed E-state index contributed by atoms with van der Waals surface area (Å²) in [6, 6.07) is 11.5. The minimum absolute atomic E-state index is 0.0499. The first kappa shape index (κ1) is 17.7. The first-order valence-corrected chi connectivity index (χ1v) is 8.64. The predicted octanol–water partition coefficient (Wildman–Crippen LogP) is 2.97. The van der Waals surface area contributed by atoms with Crippen LogP contribution in [0.15, 0.2) is 42.6 Å². The zero-order valence-corrected chi connectivity index (χ0v) is 15.1. The molecule has 0 aliphatic carbocycles. The van der Waals surface area contributed by atoms with Crippen molar-refractivity contribution < 1.29 is 14.6 Å². The van der Waals surface area contributed by atoms with E-state index in [4.69, 9.17) is 9.47 Å².